The van der Waals surface area contributed by atoms with Crippen molar-refractivity contribution in [2.45, 2.75) is 31.7 Å². The summed E-state index contributed by atoms with van der Waals surface area (Å²) in [7, 11) is 3.42. The van der Waals surface area contributed by atoms with Crippen LogP contribution in [0.3, 0.4) is 0 Å². The molecule has 0 heterocycles. The molecule has 0 radical (unpaired) electrons. The molecule has 176 valence electrons. The number of ether oxygens (including phenoxy) is 3. The second-order valence-corrected chi connectivity index (χ2v) is 25.8. The zero-order chi connectivity index (χ0) is 23.7. The Hall–Kier alpha value is -1.47. The Morgan fingerprint density at radius 1 is 0.788 bits per heavy atom. The Balaban J connectivity index is 1.69. The molecular weight excluding hydrogens is 561 g/mol. The second-order valence-electron chi connectivity index (χ2n) is 8.07. The van der Waals surface area contributed by atoms with Crippen LogP contribution in [-0.2, 0) is 12.8 Å². The zero-order valence-corrected chi connectivity index (χ0v) is 24.1. The zero-order valence-electron chi connectivity index (χ0n) is 19.8. The molecule has 0 spiro atoms. The van der Waals surface area contributed by atoms with Gasteiger partial charge in [0, 0.05) is 0 Å². The summed E-state index contributed by atoms with van der Waals surface area (Å²) in [5, 5.41) is 0.223. The van der Waals surface area contributed by atoms with E-state index in [2.05, 4.69) is 102 Å². The molecule has 0 N–H and O–H groups in total. The molecular formula is C27H33O3PSe2. The average molecular weight is 594 g/mol. The molecule has 3 aromatic carbocycles. The van der Waals surface area contributed by atoms with Crippen molar-refractivity contribution in [3.05, 3.63) is 89.5 Å². The van der Waals surface area contributed by atoms with Crippen LogP contribution in [0.15, 0.2) is 72.8 Å². The van der Waals surface area contributed by atoms with Gasteiger partial charge in [-0.25, -0.2) is 0 Å². The molecule has 0 amide bonds. The number of aryl methyl sites for hydroxylation is 3. The first-order valence-corrected chi connectivity index (χ1v) is 18.7. The van der Waals surface area contributed by atoms with Crippen LogP contribution in [0.25, 0.3) is 0 Å². The first kappa shape index (κ1) is 26.1. The van der Waals surface area contributed by atoms with Crippen molar-refractivity contribution in [1.29, 1.82) is 0 Å². The number of hydrogen-bond donors (Lipinski definition) is 0. The minimum atomic E-state index is -1.29. The number of hydrogen-bond acceptors (Lipinski definition) is 3. The van der Waals surface area contributed by atoms with Gasteiger partial charge in [-0.2, -0.15) is 0 Å². The van der Waals surface area contributed by atoms with Crippen LogP contribution in [0, 0.1) is 6.92 Å². The monoisotopic (exact) mass is 596 g/mol. The summed E-state index contributed by atoms with van der Waals surface area (Å²) in [5.41, 5.74) is 3.96. The quantitative estimate of drug-likeness (QED) is 0.192. The predicted octanol–water partition coefficient (Wildman–Crippen LogP) is 5.94. The predicted molar refractivity (Wildman–Crippen MR) is 143 cm³/mol. The van der Waals surface area contributed by atoms with E-state index in [0.717, 1.165) is 30.1 Å². The molecule has 3 aromatic rings. The second kappa shape index (κ2) is 12.8. The number of methoxy groups -OCH3 is 2. The van der Waals surface area contributed by atoms with Gasteiger partial charge in [-0.1, -0.05) is 0 Å². The summed E-state index contributed by atoms with van der Waals surface area (Å²) in [4.78, 5) is 0. The minimum absolute atomic E-state index is 0.223. The maximum absolute atomic E-state index is 6.36. The standard InChI is InChI=1S/C27H33O3PSe2/c1-21-6-5-7-27(20-21)30-22(2)33-31(32,18-16-23-8-12-25(28-3)13-9-23)19-17-24-10-14-26(29-4)15-11-24/h5-15,20,22H,16-19H2,1-4H3. The van der Waals surface area contributed by atoms with Gasteiger partial charge in [0.25, 0.3) is 0 Å². The van der Waals surface area contributed by atoms with E-state index >= 15 is 0 Å². The Bertz CT molecular complexity index is 996. The van der Waals surface area contributed by atoms with Gasteiger partial charge in [0.05, 0.1) is 0 Å². The van der Waals surface area contributed by atoms with Crippen molar-refractivity contribution in [2.24, 2.45) is 0 Å². The summed E-state index contributed by atoms with van der Waals surface area (Å²) < 4.78 is 15.7. The molecule has 0 aliphatic heterocycles. The third kappa shape index (κ3) is 8.67. The first-order valence-electron chi connectivity index (χ1n) is 11.1. The molecule has 0 aromatic heterocycles. The van der Waals surface area contributed by atoms with Gasteiger partial charge in [0.2, 0.25) is 0 Å². The molecule has 1 unspecified atom stereocenters. The Kier molecular flexibility index (Phi) is 10.2. The van der Waals surface area contributed by atoms with Gasteiger partial charge in [-0.3, -0.25) is 0 Å². The van der Waals surface area contributed by atoms with E-state index in [4.69, 9.17) is 14.2 Å². The fourth-order valence-electron chi connectivity index (χ4n) is 3.57. The Morgan fingerprint density at radius 3 is 1.76 bits per heavy atom. The first-order chi connectivity index (χ1) is 15.9. The fourth-order valence-corrected chi connectivity index (χ4v) is 17.3. The van der Waals surface area contributed by atoms with E-state index < -0.39 is 4.20 Å². The summed E-state index contributed by atoms with van der Waals surface area (Å²) in [5.74, 6) is 2.79. The van der Waals surface area contributed by atoms with Crippen LogP contribution in [0.5, 0.6) is 17.2 Å². The molecule has 0 fully saturated rings. The molecule has 0 aliphatic rings. The summed E-state index contributed by atoms with van der Waals surface area (Å²) >= 11 is 4.08. The normalized spacial score (nSPS) is 12.2. The fraction of sp³-hybridized carbons (Fsp3) is 0.333. The van der Waals surface area contributed by atoms with E-state index in [1.165, 1.54) is 29.0 Å². The summed E-state index contributed by atoms with van der Waals surface area (Å²) in [6, 6.07) is 25.3. The van der Waals surface area contributed by atoms with Crippen molar-refractivity contribution >= 4 is 33.8 Å². The van der Waals surface area contributed by atoms with Crippen LogP contribution >= 0.6 is 4.20 Å². The maximum atomic E-state index is 6.36. The molecule has 0 saturated heterocycles. The van der Waals surface area contributed by atoms with Crippen LogP contribution in [-0.4, -0.2) is 61.2 Å². The Labute approximate surface area is 212 Å². The molecule has 0 saturated carbocycles. The number of benzene rings is 3. The van der Waals surface area contributed by atoms with E-state index in [1.54, 1.807) is 14.2 Å². The van der Waals surface area contributed by atoms with Crippen LogP contribution in [0.2, 0.25) is 0 Å². The average Bonchev–Trinajstić information content (AvgIpc) is 2.82. The van der Waals surface area contributed by atoms with Gasteiger partial charge >= 0.3 is 213 Å². The Morgan fingerprint density at radius 2 is 1.30 bits per heavy atom. The summed E-state index contributed by atoms with van der Waals surface area (Å²) in [6.07, 6.45) is 4.53. The van der Waals surface area contributed by atoms with Crippen LogP contribution < -0.4 is 14.2 Å². The molecule has 0 aliphatic carbocycles. The van der Waals surface area contributed by atoms with Gasteiger partial charge in [-0.15, -0.1) is 0 Å². The molecule has 3 rings (SSSR count). The van der Waals surface area contributed by atoms with Crippen LogP contribution in [0.1, 0.15) is 23.6 Å². The molecule has 3 nitrogen and oxygen atoms in total. The summed E-state index contributed by atoms with van der Waals surface area (Å²) in [6.45, 7) is 4.34. The molecule has 6 heteroatoms. The third-order valence-corrected chi connectivity index (χ3v) is 19.8. The molecule has 0 bridgehead atoms. The van der Waals surface area contributed by atoms with E-state index in [1.807, 2.05) is 0 Å². The van der Waals surface area contributed by atoms with Gasteiger partial charge < -0.3 is 0 Å². The van der Waals surface area contributed by atoms with E-state index in [-0.39, 0.29) is 5.00 Å². The van der Waals surface area contributed by atoms with E-state index in [0.29, 0.717) is 14.5 Å². The molecule has 33 heavy (non-hydrogen) atoms. The van der Waals surface area contributed by atoms with Crippen molar-refractivity contribution < 1.29 is 14.2 Å². The topological polar surface area (TPSA) is 27.7 Å². The number of rotatable bonds is 12. The van der Waals surface area contributed by atoms with Crippen molar-refractivity contribution in [1.82, 2.24) is 0 Å². The van der Waals surface area contributed by atoms with Crippen molar-refractivity contribution in [2.75, 3.05) is 26.5 Å². The third-order valence-electron chi connectivity index (χ3n) is 5.43. The van der Waals surface area contributed by atoms with Crippen molar-refractivity contribution in [3.8, 4) is 17.2 Å². The van der Waals surface area contributed by atoms with Gasteiger partial charge in [0.15, 0.2) is 0 Å². The van der Waals surface area contributed by atoms with E-state index in [9.17, 15) is 0 Å². The SMILES string of the molecule is COc1ccc(CCP(=[Se])(CCc2ccc(OC)cc2)[Se]C(C)Oc2cccc(C)c2)cc1. The van der Waals surface area contributed by atoms with Crippen LogP contribution in [0.4, 0.5) is 0 Å². The van der Waals surface area contributed by atoms with Gasteiger partial charge in [0.1, 0.15) is 0 Å². The van der Waals surface area contributed by atoms with Gasteiger partial charge in [-0.05, 0) is 0 Å². The molecule has 1 atom stereocenters. The van der Waals surface area contributed by atoms with Crippen molar-refractivity contribution in [3.63, 3.8) is 0 Å².